The molecule has 0 bridgehead atoms. The van der Waals surface area contributed by atoms with E-state index in [-0.39, 0.29) is 17.1 Å². The molecule has 1 aromatic carbocycles. The Morgan fingerprint density at radius 3 is 2.86 bits per heavy atom. The summed E-state index contributed by atoms with van der Waals surface area (Å²) < 4.78 is 44.4. The summed E-state index contributed by atoms with van der Waals surface area (Å²) in [4.78, 5) is -0.488. The van der Waals surface area contributed by atoms with Crippen LogP contribution < -0.4 is 5.32 Å². The van der Waals surface area contributed by atoms with Gasteiger partial charge in [0.05, 0.1) is 10.6 Å². The van der Waals surface area contributed by atoms with Crippen LogP contribution in [0.15, 0.2) is 29.3 Å². The second-order valence-electron chi connectivity index (χ2n) is 3.67. The number of allylic oxidation sites excluding steroid dienone is 1. The first kappa shape index (κ1) is 14.6. The molecule has 2 aromatic rings. The number of nitriles is 1. The number of H-pyrrole nitrogens is 1. The maximum absolute atomic E-state index is 13.6. The van der Waals surface area contributed by atoms with E-state index in [0.717, 1.165) is 24.4 Å². The summed E-state index contributed by atoms with van der Waals surface area (Å²) in [6.45, 7) is 0. The standard InChI is InChI=1S/C10H7FN6O3S/c11-8-2-1-7(21(18,19)20)3-9(8)13-5-6(4-12)10-14-16-17-15-10/h1-3,5,13H,(H,18,19,20)(H,14,15,16,17). The second kappa shape index (κ2) is 5.65. The summed E-state index contributed by atoms with van der Waals surface area (Å²) in [7, 11) is -4.46. The Labute approximate surface area is 117 Å². The van der Waals surface area contributed by atoms with Crippen LogP contribution in [0.3, 0.4) is 0 Å². The summed E-state index contributed by atoms with van der Waals surface area (Å²) in [5.41, 5.74) is -0.304. The topological polar surface area (TPSA) is 145 Å². The Kier molecular flexibility index (Phi) is 3.92. The highest BCUT2D eigenvalue weighted by Crippen LogP contribution is 2.20. The van der Waals surface area contributed by atoms with Crippen molar-refractivity contribution < 1.29 is 17.4 Å². The molecule has 0 unspecified atom stereocenters. The Hall–Kier alpha value is -2.84. The van der Waals surface area contributed by atoms with Gasteiger partial charge in [0, 0.05) is 6.20 Å². The lowest BCUT2D eigenvalue weighted by Crippen LogP contribution is -2.01. The van der Waals surface area contributed by atoms with E-state index in [9.17, 15) is 12.8 Å². The Bertz CT molecular complexity index is 825. The number of halogens is 1. The Morgan fingerprint density at radius 2 is 2.29 bits per heavy atom. The molecular formula is C10H7FN6O3S. The van der Waals surface area contributed by atoms with Gasteiger partial charge in [0.15, 0.2) is 0 Å². The van der Waals surface area contributed by atoms with Crippen LogP contribution in [0.1, 0.15) is 5.82 Å². The number of rotatable bonds is 4. The van der Waals surface area contributed by atoms with Gasteiger partial charge < -0.3 is 5.32 Å². The minimum absolute atomic E-state index is 0.0173. The molecule has 0 spiro atoms. The van der Waals surface area contributed by atoms with Crippen molar-refractivity contribution in [3.63, 3.8) is 0 Å². The predicted molar refractivity (Wildman–Crippen MR) is 67.6 cm³/mol. The molecule has 2 rings (SSSR count). The molecular weight excluding hydrogens is 303 g/mol. The minimum Gasteiger partial charge on any atom is -0.358 e. The van der Waals surface area contributed by atoms with Crippen LogP contribution in [0.4, 0.5) is 10.1 Å². The molecule has 21 heavy (non-hydrogen) atoms. The highest BCUT2D eigenvalue weighted by molar-refractivity contribution is 7.85. The van der Waals surface area contributed by atoms with E-state index >= 15 is 0 Å². The van der Waals surface area contributed by atoms with Crippen LogP contribution >= 0.6 is 0 Å². The monoisotopic (exact) mass is 310 g/mol. The van der Waals surface area contributed by atoms with Gasteiger partial charge >= 0.3 is 0 Å². The molecule has 3 N–H and O–H groups in total. The van der Waals surface area contributed by atoms with E-state index in [1.807, 2.05) is 0 Å². The zero-order valence-electron chi connectivity index (χ0n) is 10.1. The third-order valence-corrected chi connectivity index (χ3v) is 3.16. The summed E-state index contributed by atoms with van der Waals surface area (Å²) in [6.07, 6.45) is 1.08. The average Bonchev–Trinajstić information content (AvgIpc) is 2.94. The summed E-state index contributed by atoms with van der Waals surface area (Å²) >= 11 is 0. The molecule has 0 amide bonds. The first-order valence-electron chi connectivity index (χ1n) is 5.29. The van der Waals surface area contributed by atoms with Gasteiger partial charge in [-0.15, -0.1) is 10.2 Å². The molecule has 0 fully saturated rings. The van der Waals surface area contributed by atoms with Gasteiger partial charge in [-0.25, -0.2) is 4.39 Å². The van der Waals surface area contributed by atoms with Crippen molar-refractivity contribution in [3.05, 3.63) is 36.0 Å². The highest BCUT2D eigenvalue weighted by Gasteiger charge is 2.13. The maximum Gasteiger partial charge on any atom is 0.294 e. The fourth-order valence-corrected chi connectivity index (χ4v) is 1.85. The molecule has 9 nitrogen and oxygen atoms in total. The molecule has 0 saturated carbocycles. The van der Waals surface area contributed by atoms with Crippen molar-refractivity contribution in [3.8, 4) is 6.07 Å². The number of anilines is 1. The third kappa shape index (κ3) is 3.38. The smallest absolute Gasteiger partial charge is 0.294 e. The molecule has 108 valence electrons. The zero-order chi connectivity index (χ0) is 15.5. The highest BCUT2D eigenvalue weighted by atomic mass is 32.2. The molecule has 0 aliphatic carbocycles. The van der Waals surface area contributed by atoms with Crippen molar-refractivity contribution >= 4 is 21.4 Å². The fraction of sp³-hybridized carbons (Fsp3) is 0. The minimum atomic E-state index is -4.46. The van der Waals surface area contributed by atoms with E-state index in [2.05, 4.69) is 25.9 Å². The number of nitrogens with one attached hydrogen (secondary N) is 2. The van der Waals surface area contributed by atoms with E-state index in [4.69, 9.17) is 9.81 Å². The first-order valence-corrected chi connectivity index (χ1v) is 6.73. The molecule has 0 radical (unpaired) electrons. The number of aromatic amines is 1. The van der Waals surface area contributed by atoms with Crippen molar-refractivity contribution in [1.82, 2.24) is 20.6 Å². The molecule has 0 atom stereocenters. The Balaban J connectivity index is 2.34. The average molecular weight is 310 g/mol. The number of benzene rings is 1. The van der Waals surface area contributed by atoms with Crippen LogP contribution in [0.5, 0.6) is 0 Å². The van der Waals surface area contributed by atoms with Crippen LogP contribution in [0.2, 0.25) is 0 Å². The second-order valence-corrected chi connectivity index (χ2v) is 5.09. The van der Waals surface area contributed by atoms with Crippen LogP contribution in [0, 0.1) is 17.1 Å². The molecule has 0 aliphatic heterocycles. The van der Waals surface area contributed by atoms with E-state index in [1.165, 1.54) is 0 Å². The number of tetrazole rings is 1. The van der Waals surface area contributed by atoms with Crippen molar-refractivity contribution in [2.45, 2.75) is 4.90 Å². The van der Waals surface area contributed by atoms with E-state index in [0.29, 0.717) is 0 Å². The van der Waals surface area contributed by atoms with Crippen LogP contribution in [0.25, 0.3) is 5.57 Å². The maximum atomic E-state index is 13.6. The zero-order valence-corrected chi connectivity index (χ0v) is 11.0. The third-order valence-electron chi connectivity index (χ3n) is 2.31. The van der Waals surface area contributed by atoms with Gasteiger partial charge in [0.1, 0.15) is 17.5 Å². The van der Waals surface area contributed by atoms with Gasteiger partial charge in [-0.1, -0.05) is 0 Å². The van der Waals surface area contributed by atoms with Crippen molar-refractivity contribution in [1.29, 1.82) is 5.26 Å². The van der Waals surface area contributed by atoms with Crippen molar-refractivity contribution in [2.75, 3.05) is 5.32 Å². The van der Waals surface area contributed by atoms with Gasteiger partial charge in [-0.05, 0) is 23.4 Å². The molecule has 1 heterocycles. The van der Waals surface area contributed by atoms with E-state index in [1.54, 1.807) is 6.07 Å². The first-order chi connectivity index (χ1) is 9.91. The number of aromatic nitrogens is 4. The lowest BCUT2D eigenvalue weighted by molar-refractivity contribution is 0.483. The molecule has 0 aliphatic rings. The quantitative estimate of drug-likeness (QED) is 0.548. The molecule has 11 heteroatoms. The largest absolute Gasteiger partial charge is 0.358 e. The summed E-state index contributed by atoms with van der Waals surface area (Å²) in [5, 5.41) is 23.9. The van der Waals surface area contributed by atoms with E-state index < -0.39 is 20.8 Å². The molecule has 1 aromatic heterocycles. The van der Waals surface area contributed by atoms with Gasteiger partial charge in [0.2, 0.25) is 5.82 Å². The van der Waals surface area contributed by atoms with Crippen molar-refractivity contribution in [2.24, 2.45) is 0 Å². The normalized spacial score (nSPS) is 12.0. The van der Waals surface area contributed by atoms with Gasteiger partial charge in [0.25, 0.3) is 10.1 Å². The summed E-state index contributed by atoms with van der Waals surface area (Å²) in [5.74, 6) is -0.791. The summed E-state index contributed by atoms with van der Waals surface area (Å²) in [6, 6.07) is 4.41. The van der Waals surface area contributed by atoms with Gasteiger partial charge in [-0.2, -0.15) is 18.9 Å². The predicted octanol–water partition coefficient (Wildman–Crippen LogP) is 0.562. The SMILES string of the molecule is N#CC(=CNc1cc(S(=O)(=O)O)ccc1F)c1nn[nH]n1. The van der Waals surface area contributed by atoms with Gasteiger partial charge in [-0.3, -0.25) is 4.55 Å². The lowest BCUT2D eigenvalue weighted by atomic mass is 10.3. The van der Waals surface area contributed by atoms with Crippen LogP contribution in [-0.2, 0) is 10.1 Å². The number of nitrogens with zero attached hydrogens (tertiary/aromatic N) is 4. The number of hydrogen-bond acceptors (Lipinski definition) is 7. The molecule has 0 saturated heterocycles. The fourth-order valence-electron chi connectivity index (χ4n) is 1.35. The lowest BCUT2D eigenvalue weighted by Gasteiger charge is -2.05. The Morgan fingerprint density at radius 1 is 1.52 bits per heavy atom. The van der Waals surface area contributed by atoms with Crippen LogP contribution in [-0.4, -0.2) is 33.6 Å². The number of hydrogen-bond donors (Lipinski definition) is 3.